The topological polar surface area (TPSA) is 125 Å². The molecule has 166 valence electrons. The summed E-state index contributed by atoms with van der Waals surface area (Å²) in [5, 5.41) is 23.7. The monoisotopic (exact) mass is 426 g/mol. The molecule has 2 aliphatic rings. The zero-order valence-corrected chi connectivity index (χ0v) is 18.2. The number of allylic oxidation sites excluding steroid dienone is 1. The van der Waals surface area contributed by atoms with Crippen LogP contribution in [0.1, 0.15) is 51.8 Å². The molecule has 4 N–H and O–H groups in total. The summed E-state index contributed by atoms with van der Waals surface area (Å²) in [6, 6.07) is 2.27. The highest BCUT2D eigenvalue weighted by Crippen LogP contribution is 2.40. The molecule has 0 unspecified atom stereocenters. The van der Waals surface area contributed by atoms with Crippen LogP contribution in [0.15, 0.2) is 18.6 Å². The number of carbonyl (C=O) groups is 1. The lowest BCUT2D eigenvalue weighted by Gasteiger charge is -2.20. The van der Waals surface area contributed by atoms with Gasteiger partial charge in [-0.1, -0.05) is 0 Å². The van der Waals surface area contributed by atoms with Crippen molar-refractivity contribution >= 4 is 28.7 Å². The van der Waals surface area contributed by atoms with Gasteiger partial charge in [0, 0.05) is 49.5 Å². The van der Waals surface area contributed by atoms with E-state index in [1.54, 1.807) is 20.0 Å². The van der Waals surface area contributed by atoms with Gasteiger partial charge in [0.2, 0.25) is 11.8 Å². The molecule has 1 amide bonds. The molecule has 0 radical (unpaired) electrons. The van der Waals surface area contributed by atoms with Gasteiger partial charge in [-0.05, 0) is 39.7 Å². The first-order valence-corrected chi connectivity index (χ1v) is 10.7. The van der Waals surface area contributed by atoms with E-state index in [9.17, 15) is 9.90 Å². The number of nitrogens with zero attached hydrogens (tertiary/aromatic N) is 3. The number of nitrogens with one attached hydrogen (secondary N) is 3. The zero-order valence-electron chi connectivity index (χ0n) is 18.2. The number of fused-ring (bicyclic) bond motifs is 1. The number of aromatic nitrogens is 3. The fourth-order valence-electron chi connectivity index (χ4n) is 3.72. The van der Waals surface area contributed by atoms with Crippen LogP contribution in [0, 0.1) is 11.3 Å². The van der Waals surface area contributed by atoms with E-state index in [1.807, 2.05) is 19.3 Å². The summed E-state index contributed by atoms with van der Waals surface area (Å²) in [6.45, 7) is 6.32. The van der Waals surface area contributed by atoms with Gasteiger partial charge < -0.3 is 30.5 Å². The molecule has 2 aromatic rings. The fourth-order valence-corrected chi connectivity index (χ4v) is 3.72. The number of imidazole rings is 1. The van der Waals surface area contributed by atoms with Crippen molar-refractivity contribution in [2.45, 2.75) is 57.8 Å². The van der Waals surface area contributed by atoms with Crippen LogP contribution in [0.25, 0.3) is 16.6 Å². The van der Waals surface area contributed by atoms with Crippen molar-refractivity contribution in [3.05, 3.63) is 24.3 Å². The summed E-state index contributed by atoms with van der Waals surface area (Å²) in [4.78, 5) is 21.0. The zero-order chi connectivity index (χ0) is 22.2. The Morgan fingerprint density at radius 2 is 2.29 bits per heavy atom. The van der Waals surface area contributed by atoms with E-state index in [0.29, 0.717) is 42.7 Å². The Hall–Kier alpha value is -2.94. The van der Waals surface area contributed by atoms with Crippen molar-refractivity contribution < 1.29 is 14.6 Å². The first kappa shape index (κ1) is 21.3. The molecule has 31 heavy (non-hydrogen) atoms. The van der Waals surface area contributed by atoms with Crippen LogP contribution in [-0.4, -0.2) is 56.6 Å². The Morgan fingerprint density at radius 1 is 1.52 bits per heavy atom. The normalized spacial score (nSPS) is 20.6. The molecule has 0 bridgehead atoms. The average Bonchev–Trinajstić information content (AvgIpc) is 3.30. The van der Waals surface area contributed by atoms with Gasteiger partial charge in [-0.25, -0.2) is 9.97 Å². The molecule has 0 spiro atoms. The maximum absolute atomic E-state index is 11.6. The van der Waals surface area contributed by atoms with E-state index in [2.05, 4.69) is 20.2 Å². The van der Waals surface area contributed by atoms with E-state index in [0.717, 1.165) is 23.9 Å². The van der Waals surface area contributed by atoms with E-state index in [1.165, 1.54) is 6.21 Å². The smallest absolute Gasteiger partial charge is 0.241 e. The SMILES string of the molecule is C[C@@H](Oc1nc(/C(C=N)=C/NCC(C)(C)O)cc2ncn(C3CC3)c12)[C@H]1CNC(=O)C1. The van der Waals surface area contributed by atoms with Crippen molar-refractivity contribution in [1.29, 1.82) is 5.41 Å². The van der Waals surface area contributed by atoms with Crippen molar-refractivity contribution in [2.75, 3.05) is 13.1 Å². The van der Waals surface area contributed by atoms with Gasteiger partial charge in [-0.2, -0.15) is 0 Å². The molecule has 1 aliphatic heterocycles. The number of pyridine rings is 1. The molecule has 0 aromatic carbocycles. The van der Waals surface area contributed by atoms with Gasteiger partial charge in [0.05, 0.1) is 23.1 Å². The van der Waals surface area contributed by atoms with Crippen molar-refractivity contribution in [2.24, 2.45) is 5.92 Å². The Bertz CT molecular complexity index is 1020. The molecular formula is C22H30N6O3. The van der Waals surface area contributed by atoms with Crippen molar-refractivity contribution in [3.8, 4) is 5.88 Å². The van der Waals surface area contributed by atoms with Crippen LogP contribution in [0.3, 0.4) is 0 Å². The molecule has 9 nitrogen and oxygen atoms in total. The minimum absolute atomic E-state index is 0.0437. The van der Waals surface area contributed by atoms with Crippen LogP contribution < -0.4 is 15.4 Å². The second-order valence-corrected chi connectivity index (χ2v) is 9.09. The van der Waals surface area contributed by atoms with Crippen LogP contribution in [0.5, 0.6) is 5.88 Å². The highest BCUT2D eigenvalue weighted by Gasteiger charge is 2.31. The number of ether oxygens (including phenoxy) is 1. The number of aliphatic hydroxyl groups is 1. The molecule has 9 heteroatoms. The lowest BCUT2D eigenvalue weighted by molar-refractivity contribution is -0.119. The van der Waals surface area contributed by atoms with Gasteiger partial charge in [-0.3, -0.25) is 4.79 Å². The molecule has 2 fully saturated rings. The van der Waals surface area contributed by atoms with Crippen molar-refractivity contribution in [1.82, 2.24) is 25.2 Å². The Labute approximate surface area is 181 Å². The molecule has 2 aromatic heterocycles. The molecule has 2 atom stereocenters. The summed E-state index contributed by atoms with van der Waals surface area (Å²) < 4.78 is 8.42. The number of hydrogen-bond acceptors (Lipinski definition) is 7. The molecule has 1 saturated heterocycles. The molecule has 3 heterocycles. The number of hydrogen-bond donors (Lipinski definition) is 4. The maximum Gasteiger partial charge on any atom is 0.241 e. The molecule has 4 rings (SSSR count). The predicted molar refractivity (Wildman–Crippen MR) is 118 cm³/mol. The summed E-state index contributed by atoms with van der Waals surface area (Å²) in [6.07, 6.45) is 7.17. The van der Waals surface area contributed by atoms with Crippen LogP contribution in [-0.2, 0) is 4.79 Å². The van der Waals surface area contributed by atoms with Crippen LogP contribution >= 0.6 is 0 Å². The highest BCUT2D eigenvalue weighted by atomic mass is 16.5. The lowest BCUT2D eigenvalue weighted by atomic mass is 10.0. The van der Waals surface area contributed by atoms with E-state index < -0.39 is 5.60 Å². The first-order valence-electron chi connectivity index (χ1n) is 10.7. The Morgan fingerprint density at radius 3 is 2.90 bits per heavy atom. The van der Waals surface area contributed by atoms with Gasteiger partial charge in [0.25, 0.3) is 0 Å². The number of amides is 1. The minimum atomic E-state index is -0.874. The fraction of sp³-hybridized carbons (Fsp3) is 0.545. The first-order chi connectivity index (χ1) is 14.7. The van der Waals surface area contributed by atoms with Crippen LogP contribution in [0.2, 0.25) is 0 Å². The van der Waals surface area contributed by atoms with Crippen molar-refractivity contribution in [3.63, 3.8) is 0 Å². The van der Waals surface area contributed by atoms with E-state index in [-0.39, 0.29) is 17.9 Å². The third-order valence-corrected chi connectivity index (χ3v) is 5.67. The molecule has 1 saturated carbocycles. The summed E-state index contributed by atoms with van der Waals surface area (Å²) in [7, 11) is 0. The van der Waals surface area contributed by atoms with Gasteiger partial charge in [0.1, 0.15) is 11.6 Å². The quantitative estimate of drug-likeness (QED) is 0.455. The van der Waals surface area contributed by atoms with Gasteiger partial charge in [0.15, 0.2) is 0 Å². The average molecular weight is 427 g/mol. The third kappa shape index (κ3) is 4.87. The third-order valence-electron chi connectivity index (χ3n) is 5.67. The number of carbonyl (C=O) groups excluding carboxylic acids is 1. The predicted octanol–water partition coefficient (Wildman–Crippen LogP) is 2.02. The summed E-state index contributed by atoms with van der Waals surface area (Å²) in [5.41, 5.74) is 1.86. The Kier molecular flexibility index (Phi) is 5.70. The maximum atomic E-state index is 11.6. The largest absolute Gasteiger partial charge is 0.473 e. The van der Waals surface area contributed by atoms with Crippen LogP contribution in [0.4, 0.5) is 0 Å². The van der Waals surface area contributed by atoms with Gasteiger partial charge in [-0.15, -0.1) is 0 Å². The summed E-state index contributed by atoms with van der Waals surface area (Å²) >= 11 is 0. The van der Waals surface area contributed by atoms with E-state index >= 15 is 0 Å². The second-order valence-electron chi connectivity index (χ2n) is 9.09. The minimum Gasteiger partial charge on any atom is -0.473 e. The lowest BCUT2D eigenvalue weighted by Crippen LogP contribution is -2.32. The standard InChI is InChI=1S/C22H30N6O3/c1-13(14-6-19(29)25-10-14)31-21-20-18(26-12-28(20)16-4-5-16)7-17(27-21)15(8-23)9-24-11-22(2,3)30/h7-9,12-14,16,23-24,30H,4-6,10-11H2,1-3H3,(H,25,29)/b15-9+,23-8?/t13-,14-/m1/s1. The molecular weight excluding hydrogens is 396 g/mol. The highest BCUT2D eigenvalue weighted by molar-refractivity contribution is 6.08. The number of rotatable bonds is 9. The van der Waals surface area contributed by atoms with E-state index in [4.69, 9.17) is 15.1 Å². The Balaban J connectivity index is 1.68. The summed E-state index contributed by atoms with van der Waals surface area (Å²) in [5.74, 6) is 0.595. The second kappa shape index (κ2) is 8.30. The van der Waals surface area contributed by atoms with Gasteiger partial charge >= 0.3 is 0 Å². The molecule has 1 aliphatic carbocycles.